The molecule has 0 saturated carbocycles. The van der Waals surface area contributed by atoms with E-state index in [0.717, 1.165) is 18.2 Å². The maximum Gasteiger partial charge on any atom is 0.150 e. The van der Waals surface area contributed by atoms with Crippen LogP contribution >= 0.6 is 12.4 Å². The Bertz CT molecular complexity index is 904. The number of nitrogen functional groups attached to an aromatic ring is 1. The van der Waals surface area contributed by atoms with Crippen LogP contribution in [0.4, 0.5) is 14.5 Å². The number of anilines is 1. The highest BCUT2D eigenvalue weighted by Gasteiger charge is 2.07. The van der Waals surface area contributed by atoms with Crippen LogP contribution in [0.3, 0.4) is 0 Å². The summed E-state index contributed by atoms with van der Waals surface area (Å²) >= 11 is 0. The molecule has 0 radical (unpaired) electrons. The molecule has 3 aromatic carbocycles. The zero-order chi connectivity index (χ0) is 18.5. The van der Waals surface area contributed by atoms with Crippen LogP contribution in [0, 0.1) is 11.6 Å². The second-order valence-electron chi connectivity index (χ2n) is 5.50. The molecule has 0 bridgehead atoms. The van der Waals surface area contributed by atoms with Gasteiger partial charge in [0.2, 0.25) is 0 Å². The average molecular weight is 394 g/mol. The van der Waals surface area contributed by atoms with E-state index in [1.54, 1.807) is 49.6 Å². The van der Waals surface area contributed by atoms with E-state index in [-0.39, 0.29) is 24.6 Å². The van der Waals surface area contributed by atoms with Gasteiger partial charge in [-0.2, -0.15) is 0 Å². The Labute approximate surface area is 161 Å². The zero-order valence-electron chi connectivity index (χ0n) is 14.4. The largest absolute Gasteiger partial charge is 0.497 e. The van der Waals surface area contributed by atoms with Crippen molar-refractivity contribution in [3.8, 4) is 23.0 Å². The minimum atomic E-state index is -0.513. The molecule has 0 aliphatic rings. The minimum absolute atomic E-state index is 0. The first-order valence-corrected chi connectivity index (χ1v) is 7.83. The van der Waals surface area contributed by atoms with E-state index in [9.17, 15) is 8.78 Å². The van der Waals surface area contributed by atoms with Crippen LogP contribution in [-0.4, -0.2) is 7.11 Å². The quantitative estimate of drug-likeness (QED) is 0.574. The monoisotopic (exact) mass is 393 g/mol. The molecular formula is C20H18ClF2NO3. The SMILES string of the molecule is COc1ccc(Oc2ccc(OCc3cc(F)ccc3F)cc2)c(N)c1.Cl. The van der Waals surface area contributed by atoms with Gasteiger partial charge in [-0.25, -0.2) is 8.78 Å². The number of hydrogen-bond donors (Lipinski definition) is 1. The van der Waals surface area contributed by atoms with E-state index >= 15 is 0 Å². The molecule has 0 fully saturated rings. The molecule has 0 unspecified atom stereocenters. The predicted octanol–water partition coefficient (Wildman–Crippen LogP) is 5.35. The van der Waals surface area contributed by atoms with Gasteiger partial charge < -0.3 is 19.9 Å². The highest BCUT2D eigenvalue weighted by Crippen LogP contribution is 2.31. The summed E-state index contributed by atoms with van der Waals surface area (Å²) in [7, 11) is 1.56. The van der Waals surface area contributed by atoms with Crippen LogP contribution in [0.25, 0.3) is 0 Å². The molecule has 27 heavy (non-hydrogen) atoms. The Balaban J connectivity index is 0.00000261. The molecule has 7 heteroatoms. The fraction of sp³-hybridized carbons (Fsp3) is 0.100. The Morgan fingerprint density at radius 1 is 0.852 bits per heavy atom. The van der Waals surface area contributed by atoms with Gasteiger partial charge in [-0.15, -0.1) is 12.4 Å². The summed E-state index contributed by atoms with van der Waals surface area (Å²) in [5.41, 5.74) is 6.52. The minimum Gasteiger partial charge on any atom is -0.497 e. The van der Waals surface area contributed by atoms with Gasteiger partial charge in [0.15, 0.2) is 5.75 Å². The first kappa shape index (κ1) is 20.3. The first-order chi connectivity index (χ1) is 12.5. The number of benzene rings is 3. The smallest absolute Gasteiger partial charge is 0.150 e. The van der Waals surface area contributed by atoms with Crippen LogP contribution in [0.15, 0.2) is 60.7 Å². The highest BCUT2D eigenvalue weighted by atomic mass is 35.5. The first-order valence-electron chi connectivity index (χ1n) is 7.83. The van der Waals surface area contributed by atoms with Gasteiger partial charge in [-0.1, -0.05) is 0 Å². The maximum atomic E-state index is 13.6. The number of nitrogens with two attached hydrogens (primary N) is 1. The highest BCUT2D eigenvalue weighted by molar-refractivity contribution is 5.85. The molecule has 3 rings (SSSR count). The summed E-state index contributed by atoms with van der Waals surface area (Å²) in [6, 6.07) is 15.1. The summed E-state index contributed by atoms with van der Waals surface area (Å²) < 4.78 is 43.0. The number of halogens is 3. The molecule has 0 atom stereocenters. The molecule has 4 nitrogen and oxygen atoms in total. The summed E-state index contributed by atoms with van der Waals surface area (Å²) in [5.74, 6) is 1.19. The molecule has 2 N–H and O–H groups in total. The van der Waals surface area contributed by atoms with E-state index < -0.39 is 11.6 Å². The summed E-state index contributed by atoms with van der Waals surface area (Å²) in [4.78, 5) is 0. The topological polar surface area (TPSA) is 53.7 Å². The van der Waals surface area contributed by atoms with Crippen LogP contribution in [-0.2, 0) is 6.61 Å². The fourth-order valence-corrected chi connectivity index (χ4v) is 2.29. The lowest BCUT2D eigenvalue weighted by Crippen LogP contribution is -1.99. The lowest BCUT2D eigenvalue weighted by atomic mass is 10.2. The van der Waals surface area contributed by atoms with E-state index in [0.29, 0.717) is 28.7 Å². The van der Waals surface area contributed by atoms with Crippen molar-refractivity contribution in [3.05, 3.63) is 77.9 Å². The maximum absolute atomic E-state index is 13.6. The third-order valence-electron chi connectivity index (χ3n) is 3.67. The molecule has 0 aliphatic carbocycles. The van der Waals surface area contributed by atoms with Gasteiger partial charge in [0.05, 0.1) is 12.8 Å². The number of hydrogen-bond acceptors (Lipinski definition) is 4. The van der Waals surface area contributed by atoms with Gasteiger partial charge in [0.25, 0.3) is 0 Å². The normalized spacial score (nSPS) is 10.0. The van der Waals surface area contributed by atoms with Crippen molar-refractivity contribution in [1.82, 2.24) is 0 Å². The van der Waals surface area contributed by atoms with Crippen LogP contribution in [0.5, 0.6) is 23.0 Å². The van der Waals surface area contributed by atoms with Crippen LogP contribution in [0.1, 0.15) is 5.56 Å². The fourth-order valence-electron chi connectivity index (χ4n) is 2.29. The van der Waals surface area contributed by atoms with Gasteiger partial charge in [0, 0.05) is 11.6 Å². The number of methoxy groups -OCH3 is 1. The summed E-state index contributed by atoms with van der Waals surface area (Å²) in [6.07, 6.45) is 0. The molecular weight excluding hydrogens is 376 g/mol. The molecule has 0 heterocycles. The Kier molecular flexibility index (Phi) is 6.85. The third kappa shape index (κ3) is 5.24. The average Bonchev–Trinajstić information content (AvgIpc) is 2.65. The Morgan fingerprint density at radius 2 is 1.52 bits per heavy atom. The predicted molar refractivity (Wildman–Crippen MR) is 102 cm³/mol. The molecule has 142 valence electrons. The number of ether oxygens (including phenoxy) is 3. The van der Waals surface area contributed by atoms with E-state index in [2.05, 4.69) is 0 Å². The van der Waals surface area contributed by atoms with Crippen molar-refractivity contribution in [2.24, 2.45) is 0 Å². The van der Waals surface area contributed by atoms with E-state index in [1.165, 1.54) is 0 Å². The van der Waals surface area contributed by atoms with Crippen molar-refractivity contribution < 1.29 is 23.0 Å². The summed E-state index contributed by atoms with van der Waals surface area (Å²) in [6.45, 7) is -0.0742. The lowest BCUT2D eigenvalue weighted by molar-refractivity contribution is 0.298. The molecule has 0 amide bonds. The molecule has 0 aliphatic heterocycles. The molecule has 0 saturated heterocycles. The van der Waals surface area contributed by atoms with Crippen LogP contribution < -0.4 is 19.9 Å². The van der Waals surface area contributed by atoms with Crippen molar-refractivity contribution in [1.29, 1.82) is 0 Å². The Morgan fingerprint density at radius 3 is 2.19 bits per heavy atom. The second kappa shape index (κ2) is 9.09. The van der Waals surface area contributed by atoms with E-state index in [1.807, 2.05) is 0 Å². The van der Waals surface area contributed by atoms with Gasteiger partial charge in [-0.05, 0) is 54.6 Å². The Hall–Kier alpha value is -2.99. The molecule has 0 spiro atoms. The van der Waals surface area contributed by atoms with Crippen molar-refractivity contribution in [2.45, 2.75) is 6.61 Å². The van der Waals surface area contributed by atoms with Gasteiger partial charge in [0.1, 0.15) is 35.5 Å². The standard InChI is InChI=1S/C20H17F2NO3.ClH/c1-24-17-7-9-20(19(23)11-17)26-16-5-3-15(4-6-16)25-12-13-10-14(21)2-8-18(13)22;/h2-11H,12,23H2,1H3;1H. The second-order valence-corrected chi connectivity index (χ2v) is 5.50. The van der Waals surface area contributed by atoms with Crippen molar-refractivity contribution in [3.63, 3.8) is 0 Å². The van der Waals surface area contributed by atoms with Crippen LogP contribution in [0.2, 0.25) is 0 Å². The van der Waals surface area contributed by atoms with Crippen molar-refractivity contribution in [2.75, 3.05) is 12.8 Å². The zero-order valence-corrected chi connectivity index (χ0v) is 15.3. The number of rotatable bonds is 6. The van der Waals surface area contributed by atoms with Gasteiger partial charge in [-0.3, -0.25) is 0 Å². The molecule has 0 aromatic heterocycles. The summed E-state index contributed by atoms with van der Waals surface area (Å²) in [5, 5.41) is 0. The van der Waals surface area contributed by atoms with Gasteiger partial charge >= 0.3 is 0 Å². The van der Waals surface area contributed by atoms with E-state index in [4.69, 9.17) is 19.9 Å². The third-order valence-corrected chi connectivity index (χ3v) is 3.67. The lowest BCUT2D eigenvalue weighted by Gasteiger charge is -2.11. The molecule has 3 aromatic rings. The van der Waals surface area contributed by atoms with Crippen molar-refractivity contribution >= 4 is 18.1 Å².